The monoisotopic (exact) mass is 290 g/mol. The summed E-state index contributed by atoms with van der Waals surface area (Å²) < 4.78 is 5.52. The maximum atomic E-state index is 10.0. The normalized spacial score (nSPS) is 11.1. The first-order valence-electron chi connectivity index (χ1n) is 7.12. The molecule has 0 aliphatic heterocycles. The Hall–Kier alpha value is -2.52. The zero-order valence-electron chi connectivity index (χ0n) is 12.3. The van der Waals surface area contributed by atoms with E-state index in [4.69, 9.17) is 11.2 Å². The third kappa shape index (κ3) is 4.79. The Balaban J connectivity index is 1.93. The van der Waals surface area contributed by atoms with Crippen LogP contribution in [0.4, 0.5) is 0 Å². The van der Waals surface area contributed by atoms with Gasteiger partial charge in [0.25, 0.3) is 0 Å². The Bertz CT molecular complexity index is 687. The molecular formula is C20H18O2. The molecule has 1 atom stereocenters. The Morgan fingerprint density at radius 3 is 2.55 bits per heavy atom. The van der Waals surface area contributed by atoms with Gasteiger partial charge < -0.3 is 9.84 Å². The van der Waals surface area contributed by atoms with Gasteiger partial charge in [0.15, 0.2) is 0 Å². The first-order valence-corrected chi connectivity index (χ1v) is 7.12. The fraction of sp³-hybridized carbons (Fsp3) is 0.200. The Kier molecular flexibility index (Phi) is 6.27. The lowest BCUT2D eigenvalue weighted by Gasteiger charge is -2.09. The topological polar surface area (TPSA) is 29.5 Å². The standard InChI is InChI=1S/C20H18O2/c1-2-9-20(21)19-14-7-6-12-18(19)13-8-15-22-16-17-10-4-3-5-11-17/h1,3-7,10-12,14,20-21H,9,15-16H2. The number of rotatable bonds is 5. The van der Waals surface area contributed by atoms with Gasteiger partial charge >= 0.3 is 0 Å². The molecule has 110 valence electrons. The molecule has 0 heterocycles. The van der Waals surface area contributed by atoms with Crippen LogP contribution in [0, 0.1) is 24.2 Å². The fourth-order valence-electron chi connectivity index (χ4n) is 2.05. The molecule has 0 aliphatic rings. The molecule has 0 aromatic heterocycles. The molecule has 22 heavy (non-hydrogen) atoms. The number of aliphatic hydroxyl groups is 1. The van der Waals surface area contributed by atoms with Crippen LogP contribution < -0.4 is 0 Å². The lowest BCUT2D eigenvalue weighted by atomic mass is 10.0. The molecule has 2 rings (SSSR count). The predicted octanol–water partition coefficient (Wildman–Crippen LogP) is 3.31. The molecule has 0 spiro atoms. The van der Waals surface area contributed by atoms with E-state index >= 15 is 0 Å². The Morgan fingerprint density at radius 1 is 1.05 bits per heavy atom. The van der Waals surface area contributed by atoms with Crippen LogP contribution in [0.2, 0.25) is 0 Å². The zero-order valence-corrected chi connectivity index (χ0v) is 12.3. The lowest BCUT2D eigenvalue weighted by Crippen LogP contribution is -1.99. The lowest BCUT2D eigenvalue weighted by molar-refractivity contribution is 0.153. The molecule has 0 fully saturated rings. The molecule has 0 saturated carbocycles. The highest BCUT2D eigenvalue weighted by Crippen LogP contribution is 2.19. The molecule has 0 saturated heterocycles. The Morgan fingerprint density at radius 2 is 1.77 bits per heavy atom. The number of hydrogen-bond donors (Lipinski definition) is 1. The molecular weight excluding hydrogens is 272 g/mol. The Labute approximate surface area is 131 Å². The van der Waals surface area contributed by atoms with Gasteiger partial charge in [-0.2, -0.15) is 0 Å². The van der Waals surface area contributed by atoms with Gasteiger partial charge in [-0.15, -0.1) is 12.3 Å². The summed E-state index contributed by atoms with van der Waals surface area (Å²) in [6.07, 6.45) is 4.85. The van der Waals surface area contributed by atoms with Crippen molar-refractivity contribution in [3.05, 3.63) is 71.3 Å². The van der Waals surface area contributed by atoms with Gasteiger partial charge in [-0.1, -0.05) is 60.4 Å². The minimum absolute atomic E-state index is 0.281. The minimum Gasteiger partial charge on any atom is -0.387 e. The molecule has 0 bridgehead atoms. The summed E-state index contributed by atoms with van der Waals surface area (Å²) in [7, 11) is 0. The first-order chi connectivity index (χ1) is 10.8. The largest absolute Gasteiger partial charge is 0.387 e. The quantitative estimate of drug-likeness (QED) is 0.676. The molecule has 0 amide bonds. The van der Waals surface area contributed by atoms with Crippen LogP contribution in [0.3, 0.4) is 0 Å². The van der Waals surface area contributed by atoms with E-state index in [1.165, 1.54) is 0 Å². The van der Waals surface area contributed by atoms with Crippen molar-refractivity contribution < 1.29 is 9.84 Å². The van der Waals surface area contributed by atoms with Gasteiger partial charge in [0.2, 0.25) is 0 Å². The van der Waals surface area contributed by atoms with Crippen molar-refractivity contribution in [2.24, 2.45) is 0 Å². The van der Waals surface area contributed by atoms with E-state index in [1.54, 1.807) is 0 Å². The van der Waals surface area contributed by atoms with Crippen molar-refractivity contribution >= 4 is 0 Å². The molecule has 2 aromatic carbocycles. The van der Waals surface area contributed by atoms with Crippen LogP contribution in [0.5, 0.6) is 0 Å². The van der Waals surface area contributed by atoms with Gasteiger partial charge in [0.1, 0.15) is 6.61 Å². The summed E-state index contributed by atoms with van der Waals surface area (Å²) in [6.45, 7) is 0.880. The minimum atomic E-state index is -0.680. The second kappa shape index (κ2) is 8.70. The van der Waals surface area contributed by atoms with Crippen LogP contribution in [-0.4, -0.2) is 11.7 Å². The maximum Gasteiger partial charge on any atom is 0.108 e. The average Bonchev–Trinajstić information content (AvgIpc) is 2.56. The van der Waals surface area contributed by atoms with E-state index in [-0.39, 0.29) is 6.42 Å². The maximum absolute atomic E-state index is 10.0. The third-order valence-corrected chi connectivity index (χ3v) is 3.14. The van der Waals surface area contributed by atoms with Crippen LogP contribution in [0.15, 0.2) is 54.6 Å². The fourth-order valence-corrected chi connectivity index (χ4v) is 2.05. The smallest absolute Gasteiger partial charge is 0.108 e. The molecule has 1 unspecified atom stereocenters. The van der Waals surface area contributed by atoms with Gasteiger partial charge in [0, 0.05) is 12.0 Å². The van der Waals surface area contributed by atoms with Gasteiger partial charge in [-0.3, -0.25) is 0 Å². The van der Waals surface area contributed by atoms with Crippen LogP contribution >= 0.6 is 0 Å². The van der Waals surface area contributed by atoms with Gasteiger partial charge in [0.05, 0.1) is 12.7 Å². The average molecular weight is 290 g/mol. The second-order valence-corrected chi connectivity index (χ2v) is 4.79. The van der Waals surface area contributed by atoms with Crippen molar-refractivity contribution in [1.29, 1.82) is 0 Å². The van der Waals surface area contributed by atoms with Crippen LogP contribution in [0.25, 0.3) is 0 Å². The zero-order chi connectivity index (χ0) is 15.6. The van der Waals surface area contributed by atoms with E-state index in [0.29, 0.717) is 13.2 Å². The van der Waals surface area contributed by atoms with Crippen molar-refractivity contribution in [3.8, 4) is 24.2 Å². The number of hydrogen-bond acceptors (Lipinski definition) is 2. The summed E-state index contributed by atoms with van der Waals surface area (Å²) in [5.74, 6) is 8.47. The molecule has 0 aliphatic carbocycles. The van der Waals surface area contributed by atoms with Crippen LogP contribution in [-0.2, 0) is 11.3 Å². The molecule has 2 nitrogen and oxygen atoms in total. The first kappa shape index (κ1) is 15.9. The summed E-state index contributed by atoms with van der Waals surface area (Å²) in [4.78, 5) is 0. The van der Waals surface area contributed by atoms with Gasteiger partial charge in [-0.25, -0.2) is 0 Å². The third-order valence-electron chi connectivity index (χ3n) is 3.14. The van der Waals surface area contributed by atoms with E-state index in [1.807, 2.05) is 54.6 Å². The summed E-state index contributed by atoms with van der Waals surface area (Å²) in [6, 6.07) is 17.4. The predicted molar refractivity (Wildman–Crippen MR) is 87.8 cm³/mol. The highest BCUT2D eigenvalue weighted by atomic mass is 16.5. The number of aliphatic hydroxyl groups excluding tert-OH is 1. The molecule has 2 aromatic rings. The van der Waals surface area contributed by atoms with E-state index < -0.39 is 6.10 Å². The number of terminal acetylenes is 1. The SMILES string of the molecule is C#CCC(O)c1ccccc1C#CCOCc1ccccc1. The summed E-state index contributed by atoms with van der Waals surface area (Å²) >= 11 is 0. The summed E-state index contributed by atoms with van der Waals surface area (Å²) in [5, 5.41) is 10.0. The van der Waals surface area contributed by atoms with Gasteiger partial charge in [-0.05, 0) is 17.2 Å². The van der Waals surface area contributed by atoms with E-state index in [9.17, 15) is 5.11 Å². The van der Waals surface area contributed by atoms with E-state index in [0.717, 1.165) is 16.7 Å². The van der Waals surface area contributed by atoms with Crippen molar-refractivity contribution in [1.82, 2.24) is 0 Å². The second-order valence-electron chi connectivity index (χ2n) is 4.79. The van der Waals surface area contributed by atoms with Crippen molar-refractivity contribution in [3.63, 3.8) is 0 Å². The highest BCUT2D eigenvalue weighted by molar-refractivity contribution is 5.42. The molecule has 1 N–H and O–H groups in total. The molecule has 0 radical (unpaired) electrons. The van der Waals surface area contributed by atoms with Crippen molar-refractivity contribution in [2.45, 2.75) is 19.1 Å². The highest BCUT2D eigenvalue weighted by Gasteiger charge is 2.08. The van der Waals surface area contributed by atoms with Crippen molar-refractivity contribution in [2.75, 3.05) is 6.61 Å². The van der Waals surface area contributed by atoms with E-state index in [2.05, 4.69) is 17.8 Å². The summed E-state index contributed by atoms with van der Waals surface area (Å²) in [5.41, 5.74) is 2.67. The number of ether oxygens (including phenoxy) is 1. The number of benzene rings is 2. The molecule has 2 heteroatoms. The van der Waals surface area contributed by atoms with Crippen LogP contribution in [0.1, 0.15) is 29.2 Å².